The van der Waals surface area contributed by atoms with Crippen molar-refractivity contribution in [3.8, 4) is 0 Å². The average molecular weight is 477 g/mol. The fraction of sp³-hybridized carbons (Fsp3) is 0.650. The molecule has 0 saturated heterocycles. The molecule has 0 aliphatic heterocycles. The second-order valence-electron chi connectivity index (χ2n) is 6.15. The molecule has 150 valence electrons. The number of guanidine groups is 1. The van der Waals surface area contributed by atoms with Gasteiger partial charge < -0.3 is 20.5 Å². The van der Waals surface area contributed by atoms with Crippen LogP contribution < -0.4 is 10.6 Å². The summed E-state index contributed by atoms with van der Waals surface area (Å²) in [6.07, 6.45) is 3.08. The Balaban J connectivity index is 0.00000625. The summed E-state index contributed by atoms with van der Waals surface area (Å²) >= 11 is 0. The van der Waals surface area contributed by atoms with Crippen molar-refractivity contribution in [3.63, 3.8) is 0 Å². The molecule has 0 aliphatic rings. The number of aliphatic hydroxyl groups is 1. The van der Waals surface area contributed by atoms with E-state index in [9.17, 15) is 5.11 Å². The fourth-order valence-corrected chi connectivity index (χ4v) is 2.75. The molecule has 1 unspecified atom stereocenters. The molecular weight excluding hydrogens is 441 g/mol. The maximum Gasteiger partial charge on any atom is 0.191 e. The molecule has 26 heavy (non-hydrogen) atoms. The summed E-state index contributed by atoms with van der Waals surface area (Å²) in [6, 6.07) is 8.28. The molecule has 6 heteroatoms. The molecule has 1 rings (SSSR count). The molecule has 0 heterocycles. The maximum atomic E-state index is 9.20. The van der Waals surface area contributed by atoms with Gasteiger partial charge in [0.05, 0.1) is 13.2 Å². The van der Waals surface area contributed by atoms with E-state index >= 15 is 0 Å². The van der Waals surface area contributed by atoms with Crippen LogP contribution in [0.1, 0.15) is 51.2 Å². The second-order valence-corrected chi connectivity index (χ2v) is 6.15. The predicted molar refractivity (Wildman–Crippen MR) is 120 cm³/mol. The molecule has 5 nitrogen and oxygen atoms in total. The first-order valence-corrected chi connectivity index (χ1v) is 9.52. The molecule has 0 saturated carbocycles. The minimum absolute atomic E-state index is 0. The van der Waals surface area contributed by atoms with Crippen molar-refractivity contribution in [2.24, 2.45) is 10.9 Å². The van der Waals surface area contributed by atoms with Gasteiger partial charge in [-0.15, -0.1) is 24.0 Å². The van der Waals surface area contributed by atoms with Crippen molar-refractivity contribution in [3.05, 3.63) is 35.4 Å². The number of aliphatic hydroxyl groups excluding tert-OH is 1. The molecule has 3 N–H and O–H groups in total. The molecule has 0 amide bonds. The number of halogens is 1. The van der Waals surface area contributed by atoms with Gasteiger partial charge in [-0.3, -0.25) is 0 Å². The van der Waals surface area contributed by atoms with Crippen LogP contribution in [-0.2, 0) is 17.9 Å². The highest BCUT2D eigenvalue weighted by atomic mass is 127. The number of rotatable bonds is 12. The Morgan fingerprint density at radius 2 is 1.85 bits per heavy atom. The van der Waals surface area contributed by atoms with Crippen molar-refractivity contribution in [1.29, 1.82) is 0 Å². The summed E-state index contributed by atoms with van der Waals surface area (Å²) in [5, 5.41) is 15.9. The van der Waals surface area contributed by atoms with Gasteiger partial charge in [0.25, 0.3) is 0 Å². The van der Waals surface area contributed by atoms with E-state index in [0.29, 0.717) is 25.7 Å². The summed E-state index contributed by atoms with van der Waals surface area (Å²) in [7, 11) is 0. The van der Waals surface area contributed by atoms with E-state index in [2.05, 4.69) is 36.6 Å². The van der Waals surface area contributed by atoms with Gasteiger partial charge in [-0.25, -0.2) is 4.99 Å². The number of aliphatic imine (C=N–C) groups is 1. The van der Waals surface area contributed by atoms with Crippen LogP contribution in [0.5, 0.6) is 0 Å². The van der Waals surface area contributed by atoms with E-state index in [0.717, 1.165) is 38.3 Å². The third kappa shape index (κ3) is 10.3. The molecule has 1 atom stereocenters. The monoisotopic (exact) mass is 477 g/mol. The number of hydrogen-bond acceptors (Lipinski definition) is 3. The molecule has 1 aromatic carbocycles. The lowest BCUT2D eigenvalue weighted by molar-refractivity contribution is 0.133. The highest BCUT2D eigenvalue weighted by Crippen LogP contribution is 2.12. The van der Waals surface area contributed by atoms with Crippen molar-refractivity contribution in [1.82, 2.24) is 10.6 Å². The summed E-state index contributed by atoms with van der Waals surface area (Å²) < 4.78 is 5.54. The largest absolute Gasteiger partial charge is 0.396 e. The number of benzene rings is 1. The molecule has 1 aromatic rings. The SMILES string of the molecule is CCCC(CCO)CNC(=NCc1ccccc1COCC)NCC.I. The van der Waals surface area contributed by atoms with E-state index in [1.54, 1.807) is 0 Å². The first-order valence-electron chi connectivity index (χ1n) is 9.52. The number of ether oxygens (including phenoxy) is 1. The zero-order valence-corrected chi connectivity index (χ0v) is 18.8. The third-order valence-electron chi connectivity index (χ3n) is 4.12. The van der Waals surface area contributed by atoms with Crippen LogP contribution >= 0.6 is 24.0 Å². The summed E-state index contributed by atoms with van der Waals surface area (Å²) in [6.45, 7) is 10.1. The van der Waals surface area contributed by atoms with Gasteiger partial charge in [0.1, 0.15) is 0 Å². The average Bonchev–Trinajstić information content (AvgIpc) is 2.63. The Labute approximate surface area is 176 Å². The van der Waals surface area contributed by atoms with E-state index in [-0.39, 0.29) is 30.6 Å². The number of nitrogens with one attached hydrogen (secondary N) is 2. The second kappa shape index (κ2) is 16.3. The molecule has 0 fully saturated rings. The van der Waals surface area contributed by atoms with Gasteiger partial charge in [0, 0.05) is 26.3 Å². The minimum Gasteiger partial charge on any atom is -0.396 e. The van der Waals surface area contributed by atoms with Crippen molar-refractivity contribution in [2.75, 3.05) is 26.3 Å². The lowest BCUT2D eigenvalue weighted by atomic mass is 10.0. The van der Waals surface area contributed by atoms with Crippen LogP contribution in [0.3, 0.4) is 0 Å². The molecule has 0 aliphatic carbocycles. The summed E-state index contributed by atoms with van der Waals surface area (Å²) in [5.41, 5.74) is 2.38. The number of hydrogen-bond donors (Lipinski definition) is 3. The van der Waals surface area contributed by atoms with E-state index < -0.39 is 0 Å². The van der Waals surface area contributed by atoms with Gasteiger partial charge in [-0.1, -0.05) is 37.6 Å². The normalized spacial score (nSPS) is 12.4. The Morgan fingerprint density at radius 3 is 2.46 bits per heavy atom. The molecule has 0 radical (unpaired) electrons. The minimum atomic E-state index is 0. The highest BCUT2D eigenvalue weighted by molar-refractivity contribution is 14.0. The zero-order valence-electron chi connectivity index (χ0n) is 16.5. The standard InChI is InChI=1S/C20H35N3O2.HI/c1-4-9-17(12-13-24)14-22-20(21-5-2)23-15-18-10-7-8-11-19(18)16-25-6-3;/h7-8,10-11,17,24H,4-6,9,12-16H2,1-3H3,(H2,21,22,23);1H. The molecule has 0 spiro atoms. The zero-order chi connectivity index (χ0) is 18.3. The first kappa shape index (κ1) is 25.1. The van der Waals surface area contributed by atoms with Crippen LogP contribution in [0.4, 0.5) is 0 Å². The van der Waals surface area contributed by atoms with Gasteiger partial charge >= 0.3 is 0 Å². The Hall–Kier alpha value is -0.860. The van der Waals surface area contributed by atoms with Crippen molar-refractivity contribution < 1.29 is 9.84 Å². The van der Waals surface area contributed by atoms with E-state index in [1.807, 2.05) is 19.1 Å². The third-order valence-corrected chi connectivity index (χ3v) is 4.12. The Bertz CT molecular complexity index is 492. The smallest absolute Gasteiger partial charge is 0.191 e. The van der Waals surface area contributed by atoms with Gasteiger partial charge in [-0.05, 0) is 43.7 Å². The van der Waals surface area contributed by atoms with Crippen LogP contribution in [0.2, 0.25) is 0 Å². The van der Waals surface area contributed by atoms with Gasteiger partial charge in [0.2, 0.25) is 0 Å². The predicted octanol–water partition coefficient (Wildman–Crippen LogP) is 3.69. The van der Waals surface area contributed by atoms with Crippen LogP contribution in [0, 0.1) is 5.92 Å². The van der Waals surface area contributed by atoms with Crippen LogP contribution in [0.25, 0.3) is 0 Å². The first-order chi connectivity index (χ1) is 12.2. The fourth-order valence-electron chi connectivity index (χ4n) is 2.75. The molecular formula is C20H36IN3O2. The Kier molecular flexibility index (Phi) is 15.8. The summed E-state index contributed by atoms with van der Waals surface area (Å²) in [5.74, 6) is 1.30. The van der Waals surface area contributed by atoms with Crippen LogP contribution in [-0.4, -0.2) is 37.4 Å². The number of nitrogens with zero attached hydrogens (tertiary/aromatic N) is 1. The van der Waals surface area contributed by atoms with Gasteiger partial charge in [0.15, 0.2) is 5.96 Å². The lowest BCUT2D eigenvalue weighted by Crippen LogP contribution is -2.40. The summed E-state index contributed by atoms with van der Waals surface area (Å²) in [4.78, 5) is 4.72. The van der Waals surface area contributed by atoms with Crippen molar-refractivity contribution >= 4 is 29.9 Å². The van der Waals surface area contributed by atoms with Crippen molar-refractivity contribution in [2.45, 2.75) is 53.2 Å². The maximum absolute atomic E-state index is 9.20. The quantitative estimate of drug-likeness (QED) is 0.244. The Morgan fingerprint density at radius 1 is 1.12 bits per heavy atom. The van der Waals surface area contributed by atoms with Crippen LogP contribution in [0.15, 0.2) is 29.3 Å². The van der Waals surface area contributed by atoms with Gasteiger partial charge in [-0.2, -0.15) is 0 Å². The van der Waals surface area contributed by atoms with E-state index in [1.165, 1.54) is 11.1 Å². The lowest BCUT2D eigenvalue weighted by Gasteiger charge is -2.18. The topological polar surface area (TPSA) is 65.9 Å². The van der Waals surface area contributed by atoms with E-state index in [4.69, 9.17) is 9.73 Å². The highest BCUT2D eigenvalue weighted by Gasteiger charge is 2.08. The molecule has 0 bridgehead atoms. The molecule has 0 aromatic heterocycles.